The van der Waals surface area contributed by atoms with Gasteiger partial charge in [0.25, 0.3) is 0 Å². The molecule has 92 valence electrons. The minimum atomic E-state index is 0.0267. The minimum absolute atomic E-state index is 0.0267. The lowest BCUT2D eigenvalue weighted by Gasteiger charge is -2.51. The lowest BCUT2D eigenvalue weighted by atomic mass is 9.53. The Morgan fingerprint density at radius 2 is 1.47 bits per heavy atom. The Morgan fingerprint density at radius 3 is 2.00 bits per heavy atom. The van der Waals surface area contributed by atoms with Crippen molar-refractivity contribution >= 4 is 0 Å². The van der Waals surface area contributed by atoms with Gasteiger partial charge in [-0.15, -0.1) is 0 Å². The molecule has 1 nitrogen and oxygen atoms in total. The third kappa shape index (κ3) is 1.14. The van der Waals surface area contributed by atoms with Gasteiger partial charge in [0.15, 0.2) is 0 Å². The third-order valence-electron chi connectivity index (χ3n) is 5.10. The van der Waals surface area contributed by atoms with Crippen molar-refractivity contribution in [3.63, 3.8) is 0 Å². The molecule has 0 spiro atoms. The quantitative estimate of drug-likeness (QED) is 0.786. The van der Waals surface area contributed by atoms with Crippen LogP contribution in [0.5, 0.6) is 0 Å². The van der Waals surface area contributed by atoms with Crippen LogP contribution in [-0.2, 0) is 23.7 Å². The molecular weight excluding hydrogens is 208 g/mol. The van der Waals surface area contributed by atoms with Crippen LogP contribution in [-0.4, -0.2) is 11.7 Å². The summed E-state index contributed by atoms with van der Waals surface area (Å²) < 4.78 is 0. The fraction of sp³-hybridized carbons (Fsp3) is 0.625. The standard InChI is InChI=1S/C16H22O/c1-9-10(2)14-12(7-16(14,5)8-17)11-6-15(3,4)13(9)11/h17H,6-8H2,1-5H3. The maximum absolute atomic E-state index is 9.59. The number of rotatable bonds is 1. The molecule has 1 aromatic carbocycles. The van der Waals surface area contributed by atoms with Crippen LogP contribution in [0.2, 0.25) is 0 Å². The summed E-state index contributed by atoms with van der Waals surface area (Å²) in [7, 11) is 0. The van der Waals surface area contributed by atoms with E-state index in [0.29, 0.717) is 5.41 Å². The van der Waals surface area contributed by atoms with Gasteiger partial charge in [-0.2, -0.15) is 0 Å². The zero-order chi connectivity index (χ0) is 12.6. The van der Waals surface area contributed by atoms with Gasteiger partial charge in [-0.05, 0) is 65.5 Å². The molecule has 1 unspecified atom stereocenters. The van der Waals surface area contributed by atoms with E-state index in [4.69, 9.17) is 0 Å². The highest BCUT2D eigenvalue weighted by molar-refractivity contribution is 5.65. The number of hydrogen-bond donors (Lipinski definition) is 1. The molecule has 1 heteroatoms. The second kappa shape index (κ2) is 2.95. The van der Waals surface area contributed by atoms with Crippen molar-refractivity contribution in [2.24, 2.45) is 0 Å². The molecular formula is C16H22O. The average Bonchev–Trinajstić information content (AvgIpc) is 2.21. The van der Waals surface area contributed by atoms with Gasteiger partial charge < -0.3 is 5.11 Å². The van der Waals surface area contributed by atoms with Crippen LogP contribution in [0.15, 0.2) is 0 Å². The van der Waals surface area contributed by atoms with Crippen LogP contribution >= 0.6 is 0 Å². The Bertz CT molecular complexity index is 508. The second-order valence-electron chi connectivity index (χ2n) is 6.91. The fourth-order valence-corrected chi connectivity index (χ4v) is 4.18. The van der Waals surface area contributed by atoms with Gasteiger partial charge >= 0.3 is 0 Å². The first kappa shape index (κ1) is 11.3. The van der Waals surface area contributed by atoms with E-state index >= 15 is 0 Å². The Labute approximate surface area is 104 Å². The summed E-state index contributed by atoms with van der Waals surface area (Å²) in [5, 5.41) is 9.59. The molecule has 1 atom stereocenters. The number of aliphatic hydroxyl groups excluding tert-OH is 1. The van der Waals surface area contributed by atoms with E-state index in [1.807, 2.05) is 0 Å². The van der Waals surface area contributed by atoms with Crippen molar-refractivity contribution in [2.45, 2.75) is 58.3 Å². The highest BCUT2D eigenvalue weighted by atomic mass is 16.3. The number of benzene rings is 1. The zero-order valence-electron chi connectivity index (χ0n) is 11.6. The lowest BCUT2D eigenvalue weighted by Crippen LogP contribution is -2.46. The van der Waals surface area contributed by atoms with Gasteiger partial charge in [0.05, 0.1) is 6.61 Å². The van der Waals surface area contributed by atoms with Crippen molar-refractivity contribution in [1.82, 2.24) is 0 Å². The number of fused-ring (bicyclic) bond motifs is 3. The number of aliphatic hydroxyl groups is 1. The first-order valence-corrected chi connectivity index (χ1v) is 6.58. The first-order valence-electron chi connectivity index (χ1n) is 6.58. The summed E-state index contributed by atoms with van der Waals surface area (Å²) in [4.78, 5) is 0. The first-order chi connectivity index (χ1) is 7.82. The molecule has 0 bridgehead atoms. The van der Waals surface area contributed by atoms with Gasteiger partial charge in [0, 0.05) is 5.41 Å². The molecule has 1 N–H and O–H groups in total. The van der Waals surface area contributed by atoms with Crippen molar-refractivity contribution in [3.05, 3.63) is 33.4 Å². The molecule has 2 aliphatic carbocycles. The van der Waals surface area contributed by atoms with E-state index in [-0.39, 0.29) is 12.0 Å². The fourth-order valence-electron chi connectivity index (χ4n) is 4.18. The molecule has 17 heavy (non-hydrogen) atoms. The Morgan fingerprint density at radius 1 is 0.941 bits per heavy atom. The molecule has 0 amide bonds. The van der Waals surface area contributed by atoms with Gasteiger partial charge in [0.2, 0.25) is 0 Å². The van der Waals surface area contributed by atoms with Crippen LogP contribution in [0.25, 0.3) is 0 Å². The molecule has 0 radical (unpaired) electrons. The molecule has 0 saturated carbocycles. The zero-order valence-corrected chi connectivity index (χ0v) is 11.6. The van der Waals surface area contributed by atoms with Crippen LogP contribution in [0.4, 0.5) is 0 Å². The summed E-state index contributed by atoms with van der Waals surface area (Å²) >= 11 is 0. The van der Waals surface area contributed by atoms with Crippen LogP contribution in [0.1, 0.15) is 54.2 Å². The molecule has 0 saturated heterocycles. The number of hydrogen-bond acceptors (Lipinski definition) is 1. The summed E-state index contributed by atoms with van der Waals surface area (Å²) in [5.74, 6) is 0. The molecule has 2 aliphatic rings. The van der Waals surface area contributed by atoms with Crippen molar-refractivity contribution in [2.75, 3.05) is 6.61 Å². The summed E-state index contributed by atoms with van der Waals surface area (Å²) in [6.45, 7) is 11.7. The summed E-state index contributed by atoms with van der Waals surface area (Å²) in [6.07, 6.45) is 2.28. The van der Waals surface area contributed by atoms with Crippen LogP contribution in [0.3, 0.4) is 0 Å². The van der Waals surface area contributed by atoms with E-state index < -0.39 is 0 Å². The van der Waals surface area contributed by atoms with E-state index in [9.17, 15) is 5.11 Å². The van der Waals surface area contributed by atoms with E-state index in [0.717, 1.165) is 6.42 Å². The second-order valence-corrected chi connectivity index (χ2v) is 6.91. The molecule has 0 aliphatic heterocycles. The molecule has 0 fully saturated rings. The Balaban J connectivity index is 2.26. The van der Waals surface area contributed by atoms with Gasteiger partial charge in [-0.25, -0.2) is 0 Å². The van der Waals surface area contributed by atoms with E-state index in [1.165, 1.54) is 23.1 Å². The van der Waals surface area contributed by atoms with E-state index in [1.54, 1.807) is 16.7 Å². The lowest BCUT2D eigenvalue weighted by molar-refractivity contribution is 0.184. The predicted octanol–water partition coefficient (Wildman–Crippen LogP) is 2.94. The predicted molar refractivity (Wildman–Crippen MR) is 70.8 cm³/mol. The molecule has 0 aromatic heterocycles. The SMILES string of the molecule is Cc1c(C)c2c(c3c1C(C)(C)C3)CC2(C)CO. The smallest absolute Gasteiger partial charge is 0.0528 e. The molecule has 0 heterocycles. The Hall–Kier alpha value is -0.820. The third-order valence-corrected chi connectivity index (χ3v) is 5.10. The maximum Gasteiger partial charge on any atom is 0.0528 e. The molecule has 1 aromatic rings. The Kier molecular flexibility index (Phi) is 1.96. The van der Waals surface area contributed by atoms with Crippen molar-refractivity contribution in [3.8, 4) is 0 Å². The average molecular weight is 230 g/mol. The topological polar surface area (TPSA) is 20.2 Å². The maximum atomic E-state index is 9.59. The van der Waals surface area contributed by atoms with Gasteiger partial charge in [-0.3, -0.25) is 0 Å². The van der Waals surface area contributed by atoms with Crippen LogP contribution in [0, 0.1) is 13.8 Å². The van der Waals surface area contributed by atoms with E-state index in [2.05, 4.69) is 34.6 Å². The highest BCUT2D eigenvalue weighted by Gasteiger charge is 2.47. The van der Waals surface area contributed by atoms with Crippen molar-refractivity contribution in [1.29, 1.82) is 0 Å². The van der Waals surface area contributed by atoms with Gasteiger partial charge in [-0.1, -0.05) is 20.8 Å². The van der Waals surface area contributed by atoms with Crippen molar-refractivity contribution < 1.29 is 5.11 Å². The van der Waals surface area contributed by atoms with Crippen LogP contribution < -0.4 is 0 Å². The summed E-state index contributed by atoms with van der Waals surface area (Å²) in [5.41, 5.74) is 9.48. The van der Waals surface area contributed by atoms with Gasteiger partial charge in [0.1, 0.15) is 0 Å². The largest absolute Gasteiger partial charge is 0.395 e. The normalized spacial score (nSPS) is 27.9. The highest BCUT2D eigenvalue weighted by Crippen LogP contribution is 2.54. The summed E-state index contributed by atoms with van der Waals surface area (Å²) in [6, 6.07) is 0. The minimum Gasteiger partial charge on any atom is -0.395 e. The molecule has 3 rings (SSSR count). The monoisotopic (exact) mass is 230 g/mol.